The Kier molecular flexibility index (Phi) is 4.12. The number of hydrogen-bond acceptors (Lipinski definition) is 1. The van der Waals surface area contributed by atoms with E-state index in [-0.39, 0.29) is 11.4 Å². The molecule has 0 aromatic heterocycles. The molecule has 2 nitrogen and oxygen atoms in total. The fourth-order valence-corrected chi connectivity index (χ4v) is 3.25. The van der Waals surface area contributed by atoms with Crippen LogP contribution in [-0.4, -0.2) is 17.4 Å². The van der Waals surface area contributed by atoms with Gasteiger partial charge in [0.15, 0.2) is 0 Å². The highest BCUT2D eigenvalue weighted by Gasteiger charge is 2.41. The van der Waals surface area contributed by atoms with E-state index in [1.165, 1.54) is 11.1 Å². The van der Waals surface area contributed by atoms with Gasteiger partial charge in [0.05, 0.1) is 5.54 Å². The molecule has 2 heteroatoms. The Morgan fingerprint density at radius 2 is 1.95 bits per heavy atom. The maximum Gasteiger partial charge on any atom is 0.220 e. The third-order valence-corrected chi connectivity index (χ3v) is 4.00. The van der Waals surface area contributed by atoms with Crippen molar-refractivity contribution in [3.8, 4) is 0 Å². The van der Waals surface area contributed by atoms with Crippen LogP contribution in [0.3, 0.4) is 0 Å². The predicted molar refractivity (Wildman–Crippen MR) is 83.3 cm³/mol. The molecule has 1 heterocycles. The second kappa shape index (κ2) is 5.66. The van der Waals surface area contributed by atoms with Gasteiger partial charge in [-0.05, 0) is 32.3 Å². The average molecular weight is 269 g/mol. The summed E-state index contributed by atoms with van der Waals surface area (Å²) in [7, 11) is 0. The quantitative estimate of drug-likeness (QED) is 0.758. The summed E-state index contributed by atoms with van der Waals surface area (Å²) in [5, 5.41) is 0. The lowest BCUT2D eigenvalue weighted by Gasteiger charge is -2.47. The molecule has 0 bridgehead atoms. The number of hydrogen-bond donors (Lipinski definition) is 0. The van der Waals surface area contributed by atoms with E-state index in [4.69, 9.17) is 0 Å². The van der Waals surface area contributed by atoms with Crippen LogP contribution in [0.5, 0.6) is 0 Å². The zero-order valence-electron chi connectivity index (χ0n) is 12.6. The van der Waals surface area contributed by atoms with Crippen LogP contribution in [-0.2, 0) is 10.3 Å². The van der Waals surface area contributed by atoms with Crippen molar-refractivity contribution in [2.45, 2.75) is 39.2 Å². The molecule has 0 fully saturated rings. The molecule has 2 rings (SSSR count). The van der Waals surface area contributed by atoms with Crippen LogP contribution in [0.1, 0.15) is 39.2 Å². The van der Waals surface area contributed by atoms with Crippen molar-refractivity contribution in [2.24, 2.45) is 0 Å². The zero-order valence-corrected chi connectivity index (χ0v) is 12.6. The highest BCUT2D eigenvalue weighted by Crippen LogP contribution is 2.42. The van der Waals surface area contributed by atoms with Gasteiger partial charge in [0, 0.05) is 13.5 Å². The van der Waals surface area contributed by atoms with E-state index in [1.807, 2.05) is 30.0 Å². The van der Waals surface area contributed by atoms with E-state index in [2.05, 4.69) is 31.7 Å². The first-order chi connectivity index (χ1) is 9.45. The first-order valence-corrected chi connectivity index (χ1v) is 7.09. The van der Waals surface area contributed by atoms with Crippen LogP contribution in [0.2, 0.25) is 0 Å². The Bertz CT molecular complexity index is 544. The summed E-state index contributed by atoms with van der Waals surface area (Å²) >= 11 is 0. The number of carbonyl (C=O) groups excluding carboxylic acids is 1. The van der Waals surface area contributed by atoms with Gasteiger partial charge in [-0.15, -0.1) is 6.58 Å². The van der Waals surface area contributed by atoms with E-state index in [0.29, 0.717) is 6.54 Å². The summed E-state index contributed by atoms with van der Waals surface area (Å²) in [6.45, 7) is 10.6. The van der Waals surface area contributed by atoms with Gasteiger partial charge in [-0.1, -0.05) is 47.6 Å². The lowest BCUT2D eigenvalue weighted by molar-refractivity contribution is -0.135. The first-order valence-electron chi connectivity index (χ1n) is 7.09. The molecule has 1 aromatic rings. The zero-order chi connectivity index (χ0) is 14.8. The van der Waals surface area contributed by atoms with E-state index in [0.717, 1.165) is 18.4 Å². The average Bonchev–Trinajstić information content (AvgIpc) is 2.38. The van der Waals surface area contributed by atoms with Crippen molar-refractivity contribution in [1.29, 1.82) is 0 Å². The van der Waals surface area contributed by atoms with Crippen LogP contribution in [0, 0.1) is 0 Å². The highest BCUT2D eigenvalue weighted by atomic mass is 16.2. The monoisotopic (exact) mass is 269 g/mol. The molecule has 106 valence electrons. The second-order valence-electron chi connectivity index (χ2n) is 5.89. The minimum absolute atomic E-state index is 0.124. The lowest BCUT2D eigenvalue weighted by atomic mass is 9.76. The minimum Gasteiger partial charge on any atom is -0.329 e. The molecule has 0 N–H and O–H groups in total. The van der Waals surface area contributed by atoms with Crippen molar-refractivity contribution in [3.63, 3.8) is 0 Å². The number of benzene rings is 1. The lowest BCUT2D eigenvalue weighted by Crippen LogP contribution is -2.51. The summed E-state index contributed by atoms with van der Waals surface area (Å²) in [6.07, 6.45) is 3.84. The van der Waals surface area contributed by atoms with Gasteiger partial charge < -0.3 is 4.90 Å². The van der Waals surface area contributed by atoms with Crippen LogP contribution in [0.25, 0.3) is 0 Å². The molecule has 0 unspecified atom stereocenters. The molecule has 20 heavy (non-hydrogen) atoms. The van der Waals surface area contributed by atoms with Crippen molar-refractivity contribution in [1.82, 2.24) is 4.90 Å². The van der Waals surface area contributed by atoms with Crippen molar-refractivity contribution >= 4 is 5.91 Å². The smallest absolute Gasteiger partial charge is 0.220 e. The molecule has 0 radical (unpaired) electrons. The Morgan fingerprint density at radius 3 is 2.50 bits per heavy atom. The van der Waals surface area contributed by atoms with E-state index in [9.17, 15) is 4.79 Å². The largest absolute Gasteiger partial charge is 0.329 e. The first kappa shape index (κ1) is 14.6. The molecule has 0 spiro atoms. The van der Waals surface area contributed by atoms with Gasteiger partial charge in [0.1, 0.15) is 0 Å². The maximum atomic E-state index is 12.1. The Hall–Kier alpha value is -1.83. The molecular weight excluding hydrogens is 246 g/mol. The van der Waals surface area contributed by atoms with Gasteiger partial charge in [0.2, 0.25) is 5.91 Å². The predicted octanol–water partition coefficient (Wildman–Crippen LogP) is 4.05. The fraction of sp³-hybridized carbons (Fsp3) is 0.389. The summed E-state index contributed by atoms with van der Waals surface area (Å²) in [5.41, 5.74) is 3.37. The second-order valence-corrected chi connectivity index (χ2v) is 5.89. The summed E-state index contributed by atoms with van der Waals surface area (Å²) < 4.78 is 0. The summed E-state index contributed by atoms with van der Waals surface area (Å²) in [6, 6.07) is 10.3. The molecule has 1 aromatic carbocycles. The molecule has 1 aliphatic heterocycles. The third-order valence-electron chi connectivity index (χ3n) is 4.00. The molecule has 1 amide bonds. The van der Waals surface area contributed by atoms with Crippen molar-refractivity contribution in [3.05, 3.63) is 59.7 Å². The van der Waals surface area contributed by atoms with E-state index < -0.39 is 0 Å². The standard InChI is InChI=1S/C18H23NO/c1-14(2)12-18(17-8-6-5-7-9-17)13-15(3)10-11-19(18)16(4)20/h5-10H,1,11-13H2,2-4H3/t18-/m1/s1. The number of rotatable bonds is 3. The van der Waals surface area contributed by atoms with Crippen molar-refractivity contribution in [2.75, 3.05) is 6.54 Å². The molecule has 0 saturated carbocycles. The summed E-state index contributed by atoms with van der Waals surface area (Å²) in [4.78, 5) is 14.1. The summed E-state index contributed by atoms with van der Waals surface area (Å²) in [5.74, 6) is 0.124. The highest BCUT2D eigenvalue weighted by molar-refractivity contribution is 5.75. The van der Waals surface area contributed by atoms with Crippen LogP contribution in [0.4, 0.5) is 0 Å². The van der Waals surface area contributed by atoms with Gasteiger partial charge in [0.25, 0.3) is 0 Å². The third kappa shape index (κ3) is 2.69. The Morgan fingerprint density at radius 1 is 1.30 bits per heavy atom. The molecule has 0 saturated heterocycles. The van der Waals surface area contributed by atoms with Crippen LogP contribution in [0.15, 0.2) is 54.1 Å². The Balaban J connectivity index is 2.57. The Labute approximate surface area is 121 Å². The van der Waals surface area contributed by atoms with Gasteiger partial charge in [-0.3, -0.25) is 4.79 Å². The molecule has 1 aliphatic rings. The van der Waals surface area contributed by atoms with E-state index >= 15 is 0 Å². The van der Waals surface area contributed by atoms with Gasteiger partial charge >= 0.3 is 0 Å². The topological polar surface area (TPSA) is 20.3 Å². The van der Waals surface area contributed by atoms with Gasteiger partial charge in [-0.2, -0.15) is 0 Å². The fourth-order valence-electron chi connectivity index (χ4n) is 3.25. The van der Waals surface area contributed by atoms with Crippen molar-refractivity contribution < 1.29 is 4.79 Å². The number of nitrogens with zero attached hydrogens (tertiary/aromatic N) is 1. The molecule has 1 atom stereocenters. The molecule has 0 aliphatic carbocycles. The number of carbonyl (C=O) groups is 1. The minimum atomic E-state index is -0.280. The maximum absolute atomic E-state index is 12.1. The molecular formula is C18H23NO. The van der Waals surface area contributed by atoms with Gasteiger partial charge in [-0.25, -0.2) is 0 Å². The van der Waals surface area contributed by atoms with Crippen LogP contribution < -0.4 is 0 Å². The van der Waals surface area contributed by atoms with E-state index in [1.54, 1.807) is 6.92 Å². The van der Waals surface area contributed by atoms with Crippen LogP contribution >= 0.6 is 0 Å². The SMILES string of the molecule is C=C(C)C[C@]1(c2ccccc2)CC(C)=CCN1C(C)=O. The normalized spacial score (nSPS) is 22.4. The number of amides is 1.